The van der Waals surface area contributed by atoms with Crippen LogP contribution in [0.5, 0.6) is 0 Å². The Labute approximate surface area is 157 Å². The Morgan fingerprint density at radius 3 is 2.56 bits per heavy atom. The topological polar surface area (TPSA) is 74.3 Å². The van der Waals surface area contributed by atoms with Gasteiger partial charge in [0.2, 0.25) is 5.78 Å². The number of Topliss-reactive ketones (excluding diaryl/α,β-unsaturated/α-hetero) is 1. The summed E-state index contributed by atoms with van der Waals surface area (Å²) in [6.45, 7) is 5.18. The Hall–Kier alpha value is -3.41. The second kappa shape index (κ2) is 7.86. The van der Waals surface area contributed by atoms with Crippen molar-refractivity contribution in [3.05, 3.63) is 76.8 Å². The summed E-state index contributed by atoms with van der Waals surface area (Å²) in [6, 6.07) is 12.9. The molecule has 6 nitrogen and oxygen atoms in total. The molecule has 0 aliphatic rings. The molecule has 0 saturated carbocycles. The quantitative estimate of drug-likeness (QED) is 0.377. The van der Waals surface area contributed by atoms with Crippen LogP contribution in [0.3, 0.4) is 0 Å². The van der Waals surface area contributed by atoms with Gasteiger partial charge in [-0.15, -0.1) is 0 Å². The molecule has 6 heteroatoms. The molecule has 3 rings (SSSR count). The van der Waals surface area contributed by atoms with E-state index in [-0.39, 0.29) is 12.4 Å². The van der Waals surface area contributed by atoms with Crippen molar-refractivity contribution in [1.29, 1.82) is 0 Å². The average molecular weight is 364 g/mol. The van der Waals surface area contributed by atoms with E-state index in [1.165, 1.54) is 6.08 Å². The van der Waals surface area contributed by atoms with Gasteiger partial charge in [-0.05, 0) is 38.5 Å². The Balaban J connectivity index is 1.66. The predicted molar refractivity (Wildman–Crippen MR) is 101 cm³/mol. The molecule has 0 saturated heterocycles. The second-order valence-electron chi connectivity index (χ2n) is 6.19. The number of hydrogen-bond acceptors (Lipinski definition) is 5. The number of hydrogen-bond donors (Lipinski definition) is 0. The van der Waals surface area contributed by atoms with E-state index in [4.69, 9.17) is 9.26 Å². The molecule has 0 amide bonds. The van der Waals surface area contributed by atoms with Crippen molar-refractivity contribution >= 4 is 17.8 Å². The molecular formula is C21H20N2O4. The zero-order valence-electron chi connectivity index (χ0n) is 15.4. The number of carbonyl (C=O) groups excluding carboxylic acids is 2. The summed E-state index contributed by atoms with van der Waals surface area (Å²) in [6.07, 6.45) is 2.95. The molecular weight excluding hydrogens is 344 g/mol. The summed E-state index contributed by atoms with van der Waals surface area (Å²) in [5.41, 5.74) is 2.95. The fourth-order valence-electron chi connectivity index (χ4n) is 2.85. The standard InChI is InChI=1S/C21H20N2O4/c1-14-11-18(16(3)23(14)20-12-15(2)27-22-20)19(24)13-26-21(25)10-9-17-7-5-4-6-8-17/h4-12H,13H2,1-3H3. The van der Waals surface area contributed by atoms with E-state index >= 15 is 0 Å². The van der Waals surface area contributed by atoms with Gasteiger partial charge in [0, 0.05) is 29.1 Å². The van der Waals surface area contributed by atoms with E-state index in [0.29, 0.717) is 17.1 Å². The SMILES string of the molecule is Cc1cc(-n2c(C)cc(C(=O)COC(=O)C=Cc3ccccc3)c2C)no1. The first kappa shape index (κ1) is 18.4. The van der Waals surface area contributed by atoms with Gasteiger partial charge < -0.3 is 9.26 Å². The number of nitrogens with zero attached hydrogens (tertiary/aromatic N) is 2. The van der Waals surface area contributed by atoms with Gasteiger partial charge in [-0.25, -0.2) is 4.79 Å². The lowest BCUT2D eigenvalue weighted by atomic mass is 10.1. The summed E-state index contributed by atoms with van der Waals surface area (Å²) < 4.78 is 12.0. The Morgan fingerprint density at radius 1 is 1.15 bits per heavy atom. The number of aryl methyl sites for hydroxylation is 2. The van der Waals surface area contributed by atoms with Crippen molar-refractivity contribution in [2.24, 2.45) is 0 Å². The first-order valence-electron chi connectivity index (χ1n) is 8.51. The van der Waals surface area contributed by atoms with Crippen molar-refractivity contribution in [2.45, 2.75) is 20.8 Å². The average Bonchev–Trinajstić information content (AvgIpc) is 3.21. The van der Waals surface area contributed by atoms with E-state index in [1.807, 2.05) is 48.7 Å². The van der Waals surface area contributed by atoms with E-state index in [2.05, 4.69) is 5.16 Å². The Bertz CT molecular complexity index is 997. The van der Waals surface area contributed by atoms with Crippen molar-refractivity contribution in [3.63, 3.8) is 0 Å². The molecule has 0 atom stereocenters. The highest BCUT2D eigenvalue weighted by Crippen LogP contribution is 2.21. The minimum absolute atomic E-state index is 0.268. The third-order valence-corrected chi connectivity index (χ3v) is 4.13. The number of benzene rings is 1. The minimum atomic E-state index is -0.562. The summed E-state index contributed by atoms with van der Waals surface area (Å²) in [7, 11) is 0. The number of rotatable bonds is 6. The van der Waals surface area contributed by atoms with Gasteiger partial charge in [-0.1, -0.05) is 35.5 Å². The van der Waals surface area contributed by atoms with Crippen LogP contribution in [0, 0.1) is 20.8 Å². The maximum Gasteiger partial charge on any atom is 0.331 e. The molecule has 3 aromatic rings. The molecule has 0 aliphatic carbocycles. The number of esters is 1. The van der Waals surface area contributed by atoms with Crippen LogP contribution in [0.15, 0.2) is 53.1 Å². The van der Waals surface area contributed by atoms with E-state index < -0.39 is 5.97 Å². The smallest absolute Gasteiger partial charge is 0.331 e. The maximum atomic E-state index is 12.5. The van der Waals surface area contributed by atoms with Crippen LogP contribution in [0.25, 0.3) is 11.9 Å². The first-order chi connectivity index (χ1) is 13.0. The fourth-order valence-corrected chi connectivity index (χ4v) is 2.85. The van der Waals surface area contributed by atoms with Gasteiger partial charge in [0.1, 0.15) is 5.76 Å². The molecule has 0 radical (unpaired) electrons. The molecule has 138 valence electrons. The molecule has 0 aliphatic heterocycles. The zero-order valence-corrected chi connectivity index (χ0v) is 15.4. The molecule has 0 unspecified atom stereocenters. The van der Waals surface area contributed by atoms with Crippen molar-refractivity contribution in [2.75, 3.05) is 6.61 Å². The molecule has 2 heterocycles. The largest absolute Gasteiger partial charge is 0.454 e. The first-order valence-corrected chi connectivity index (χ1v) is 8.51. The van der Waals surface area contributed by atoms with Crippen molar-refractivity contribution in [1.82, 2.24) is 9.72 Å². The molecule has 2 aromatic heterocycles. The number of carbonyl (C=O) groups is 2. The normalized spacial score (nSPS) is 11.1. The third-order valence-electron chi connectivity index (χ3n) is 4.13. The monoisotopic (exact) mass is 364 g/mol. The lowest BCUT2D eigenvalue weighted by molar-refractivity contribution is -0.136. The van der Waals surface area contributed by atoms with Gasteiger partial charge in [-0.3, -0.25) is 9.36 Å². The molecule has 27 heavy (non-hydrogen) atoms. The van der Waals surface area contributed by atoms with Crippen LogP contribution < -0.4 is 0 Å². The fraction of sp³-hybridized carbons (Fsp3) is 0.190. The highest BCUT2D eigenvalue weighted by Gasteiger charge is 2.19. The Morgan fingerprint density at radius 2 is 1.89 bits per heavy atom. The molecule has 0 N–H and O–H groups in total. The van der Waals surface area contributed by atoms with Crippen LogP contribution in [0.1, 0.15) is 33.1 Å². The molecule has 1 aromatic carbocycles. The van der Waals surface area contributed by atoms with Crippen LogP contribution in [0.2, 0.25) is 0 Å². The van der Waals surface area contributed by atoms with E-state index in [1.54, 1.807) is 25.1 Å². The van der Waals surface area contributed by atoms with Crippen molar-refractivity contribution < 1.29 is 18.8 Å². The predicted octanol–water partition coefficient (Wildman–Crippen LogP) is 3.83. The van der Waals surface area contributed by atoms with Crippen LogP contribution >= 0.6 is 0 Å². The van der Waals surface area contributed by atoms with Gasteiger partial charge in [0.15, 0.2) is 12.4 Å². The number of aromatic nitrogens is 2. The Kier molecular flexibility index (Phi) is 5.35. The van der Waals surface area contributed by atoms with Crippen LogP contribution in [0.4, 0.5) is 0 Å². The summed E-state index contributed by atoms with van der Waals surface area (Å²) >= 11 is 0. The third kappa shape index (κ3) is 4.23. The molecule has 0 bridgehead atoms. The maximum absolute atomic E-state index is 12.5. The van der Waals surface area contributed by atoms with E-state index in [0.717, 1.165) is 17.0 Å². The van der Waals surface area contributed by atoms with Crippen molar-refractivity contribution in [3.8, 4) is 5.82 Å². The number of ether oxygens (including phenoxy) is 1. The summed E-state index contributed by atoms with van der Waals surface area (Å²) in [5, 5.41) is 3.99. The summed E-state index contributed by atoms with van der Waals surface area (Å²) in [5.74, 6) is 0.470. The van der Waals surface area contributed by atoms with Gasteiger partial charge in [0.25, 0.3) is 0 Å². The highest BCUT2D eigenvalue weighted by molar-refractivity contribution is 6.00. The number of ketones is 1. The van der Waals surface area contributed by atoms with Gasteiger partial charge in [0.05, 0.1) is 0 Å². The summed E-state index contributed by atoms with van der Waals surface area (Å²) in [4.78, 5) is 24.3. The van der Waals surface area contributed by atoms with Crippen LogP contribution in [-0.2, 0) is 9.53 Å². The highest BCUT2D eigenvalue weighted by atomic mass is 16.5. The van der Waals surface area contributed by atoms with Gasteiger partial charge in [-0.2, -0.15) is 0 Å². The minimum Gasteiger partial charge on any atom is -0.454 e. The van der Waals surface area contributed by atoms with Gasteiger partial charge >= 0.3 is 5.97 Å². The molecule has 0 spiro atoms. The zero-order chi connectivity index (χ0) is 19.4. The molecule has 0 fully saturated rings. The van der Waals surface area contributed by atoms with Crippen LogP contribution in [-0.4, -0.2) is 28.1 Å². The second-order valence-corrected chi connectivity index (χ2v) is 6.19. The lowest BCUT2D eigenvalue weighted by Crippen LogP contribution is -2.13. The van der Waals surface area contributed by atoms with E-state index in [9.17, 15) is 9.59 Å². The lowest BCUT2D eigenvalue weighted by Gasteiger charge is -2.05.